The minimum Gasteiger partial charge on any atom is -0.481 e. The van der Waals surface area contributed by atoms with Crippen molar-refractivity contribution in [1.29, 1.82) is 0 Å². The molecule has 0 amide bonds. The Morgan fingerprint density at radius 1 is 1.17 bits per heavy atom. The van der Waals surface area contributed by atoms with Crippen molar-refractivity contribution in [2.24, 2.45) is 45.8 Å². The first-order chi connectivity index (χ1) is 20.0. The van der Waals surface area contributed by atoms with E-state index < -0.39 is 58.9 Å². The predicted molar refractivity (Wildman–Crippen MR) is 145 cm³/mol. The maximum atomic E-state index is 13.7. The lowest BCUT2D eigenvalue weighted by atomic mass is 9.43. The van der Waals surface area contributed by atoms with Crippen LogP contribution >= 0.6 is 0 Å². The van der Waals surface area contributed by atoms with E-state index >= 15 is 0 Å². The van der Waals surface area contributed by atoms with Crippen molar-refractivity contribution in [3.05, 3.63) is 11.6 Å². The maximum absolute atomic E-state index is 13.7. The van der Waals surface area contributed by atoms with Crippen LogP contribution in [0.1, 0.15) is 79.1 Å². The van der Waals surface area contributed by atoms with Crippen LogP contribution in [0.25, 0.3) is 0 Å². The number of allylic oxidation sites excluding steroid dienone is 1. The van der Waals surface area contributed by atoms with Crippen LogP contribution in [-0.4, -0.2) is 71.7 Å². The molecule has 8 rings (SSSR count). The number of carboxylic acid groups (broad SMARTS) is 1. The fraction of sp³-hybridized carbons (Fsp3) is 0.844. The zero-order valence-corrected chi connectivity index (χ0v) is 25.0. The third-order valence-electron chi connectivity index (χ3n) is 12.4. The van der Waals surface area contributed by atoms with Crippen LogP contribution in [0.4, 0.5) is 0 Å². The van der Waals surface area contributed by atoms with Crippen LogP contribution < -0.4 is 0 Å². The Labute approximate surface area is 246 Å². The van der Waals surface area contributed by atoms with Crippen molar-refractivity contribution in [3.8, 4) is 0 Å². The normalized spacial score (nSPS) is 50.8. The number of hydrogen-bond acceptors (Lipinski definition) is 9. The number of carbonyl (C=O) groups excluding carboxylic acids is 2. The van der Waals surface area contributed by atoms with Gasteiger partial charge in [0.15, 0.2) is 24.6 Å². The van der Waals surface area contributed by atoms with Crippen LogP contribution in [0.2, 0.25) is 0 Å². The number of esters is 1. The number of unbranched alkanes of at least 4 members (excludes halogenated alkanes) is 2. The monoisotopic (exact) mass is 588 g/mol. The van der Waals surface area contributed by atoms with Crippen LogP contribution in [0.3, 0.4) is 0 Å². The van der Waals surface area contributed by atoms with Gasteiger partial charge in [-0.05, 0) is 55.3 Å². The SMILES string of the molecule is CCCCCC(=O)OC1C2OC3(OCC45CC6C(C)CCC6C6(C=O)CC4C=C(C(C)C)C65C(=O)O)OC2OC1C3O. The standard InChI is InChI=1S/C32H44O10/c1-5-6-7-8-22(34)39-23-24-26(35)32(41-25(23)27(40-24)42-32)38-15-30-13-19-17(4)9-10-20(19)29(14-33)12-18(30)11-21(16(2)3)31(29,30)28(36)37/h11,14,16-20,23-27,35H,5-10,12-13,15H2,1-4H3,(H,36,37). The fourth-order valence-corrected chi connectivity index (χ4v) is 10.7. The van der Waals surface area contributed by atoms with E-state index in [4.69, 9.17) is 23.7 Å². The molecule has 8 aliphatic rings. The molecule has 13 atom stereocenters. The van der Waals surface area contributed by atoms with E-state index in [-0.39, 0.29) is 42.7 Å². The van der Waals surface area contributed by atoms with Crippen molar-refractivity contribution in [3.63, 3.8) is 0 Å². The summed E-state index contributed by atoms with van der Waals surface area (Å²) in [6.45, 7) is 8.22. The fourth-order valence-electron chi connectivity index (χ4n) is 10.7. The van der Waals surface area contributed by atoms with Crippen molar-refractivity contribution in [2.75, 3.05) is 6.61 Å². The quantitative estimate of drug-likeness (QED) is 0.159. The number of aliphatic hydroxyl groups excluding tert-OH is 1. The molecule has 4 saturated heterocycles. The molecule has 10 heteroatoms. The number of aliphatic carboxylic acids is 1. The van der Waals surface area contributed by atoms with Gasteiger partial charge < -0.3 is 34.0 Å². The lowest BCUT2D eigenvalue weighted by Gasteiger charge is -2.58. The minimum absolute atomic E-state index is 0.0114. The third kappa shape index (κ3) is 3.31. The lowest BCUT2D eigenvalue weighted by Crippen LogP contribution is -2.66. The second-order valence-electron chi connectivity index (χ2n) is 14.4. The third-order valence-corrected chi connectivity index (χ3v) is 12.4. The van der Waals surface area contributed by atoms with Gasteiger partial charge in [-0.15, -0.1) is 0 Å². The zero-order chi connectivity index (χ0) is 29.8. The minimum atomic E-state index is -1.86. The molecule has 0 aromatic carbocycles. The molecule has 7 fully saturated rings. The summed E-state index contributed by atoms with van der Waals surface area (Å²) in [5.41, 5.74) is -2.50. The molecule has 0 spiro atoms. The Balaban J connectivity index is 1.19. The van der Waals surface area contributed by atoms with E-state index in [9.17, 15) is 24.6 Å². The summed E-state index contributed by atoms with van der Waals surface area (Å²) in [5, 5.41) is 22.6. The molecular formula is C32H44O10. The van der Waals surface area contributed by atoms with Gasteiger partial charge in [-0.1, -0.05) is 58.6 Å². The first-order valence-corrected chi connectivity index (χ1v) is 16.0. The van der Waals surface area contributed by atoms with Gasteiger partial charge in [-0.25, -0.2) is 0 Å². The summed E-state index contributed by atoms with van der Waals surface area (Å²) >= 11 is 0. The molecule has 3 saturated carbocycles. The number of aldehydes is 1. The Morgan fingerprint density at radius 3 is 2.64 bits per heavy atom. The Hall–Kier alpha value is -1.85. The zero-order valence-electron chi connectivity index (χ0n) is 25.0. The summed E-state index contributed by atoms with van der Waals surface area (Å²) in [6.07, 6.45) is 4.17. The molecule has 8 bridgehead atoms. The first kappa shape index (κ1) is 28.9. The molecule has 232 valence electrons. The van der Waals surface area contributed by atoms with Gasteiger partial charge in [-0.3, -0.25) is 14.3 Å². The molecular weight excluding hydrogens is 544 g/mol. The molecule has 4 aliphatic carbocycles. The summed E-state index contributed by atoms with van der Waals surface area (Å²) in [5.74, 6) is -2.83. The second kappa shape index (κ2) is 9.57. The molecule has 0 aromatic rings. The van der Waals surface area contributed by atoms with Gasteiger partial charge in [0.2, 0.25) is 0 Å². The van der Waals surface area contributed by atoms with Crippen molar-refractivity contribution in [1.82, 2.24) is 0 Å². The van der Waals surface area contributed by atoms with E-state index in [2.05, 4.69) is 19.9 Å². The van der Waals surface area contributed by atoms with Gasteiger partial charge in [0, 0.05) is 11.8 Å². The highest BCUT2D eigenvalue weighted by atomic mass is 17.0. The molecule has 13 unspecified atom stereocenters. The highest BCUT2D eigenvalue weighted by molar-refractivity contribution is 5.90. The van der Waals surface area contributed by atoms with E-state index in [1.165, 1.54) is 0 Å². The van der Waals surface area contributed by atoms with E-state index in [1.807, 2.05) is 13.8 Å². The second-order valence-corrected chi connectivity index (χ2v) is 14.4. The number of carboxylic acids is 1. The molecule has 10 nitrogen and oxygen atoms in total. The van der Waals surface area contributed by atoms with E-state index in [1.54, 1.807) is 0 Å². The first-order valence-electron chi connectivity index (χ1n) is 16.0. The predicted octanol–water partition coefficient (Wildman–Crippen LogP) is 3.59. The van der Waals surface area contributed by atoms with Gasteiger partial charge >= 0.3 is 17.9 Å². The summed E-state index contributed by atoms with van der Waals surface area (Å²) < 4.78 is 30.2. The molecule has 2 N–H and O–H groups in total. The van der Waals surface area contributed by atoms with Crippen LogP contribution in [0.5, 0.6) is 0 Å². The topological polar surface area (TPSA) is 138 Å². The van der Waals surface area contributed by atoms with Gasteiger partial charge in [0.1, 0.15) is 17.8 Å². The summed E-state index contributed by atoms with van der Waals surface area (Å²) in [4.78, 5) is 39.4. The molecule has 4 heterocycles. The summed E-state index contributed by atoms with van der Waals surface area (Å²) in [7, 11) is 0. The number of aliphatic hydroxyl groups is 1. The number of fused-ring (bicyclic) bond motifs is 2. The van der Waals surface area contributed by atoms with Crippen molar-refractivity contribution in [2.45, 2.75) is 116 Å². The Kier molecular flexibility index (Phi) is 6.59. The number of carbonyl (C=O) groups is 3. The Bertz CT molecular complexity index is 1200. The van der Waals surface area contributed by atoms with Crippen molar-refractivity contribution >= 4 is 18.2 Å². The maximum Gasteiger partial charge on any atom is 0.316 e. The smallest absolute Gasteiger partial charge is 0.316 e. The number of ether oxygens (including phenoxy) is 5. The average Bonchev–Trinajstić information content (AvgIpc) is 3.68. The van der Waals surface area contributed by atoms with Crippen LogP contribution in [-0.2, 0) is 38.1 Å². The summed E-state index contributed by atoms with van der Waals surface area (Å²) in [6, 6.07) is 0. The van der Waals surface area contributed by atoms with Gasteiger partial charge in [0.05, 0.1) is 12.0 Å². The van der Waals surface area contributed by atoms with Crippen molar-refractivity contribution < 1.29 is 48.3 Å². The molecule has 0 aromatic heterocycles. The van der Waals surface area contributed by atoms with Gasteiger partial charge in [-0.2, -0.15) is 0 Å². The number of rotatable bonds is 11. The van der Waals surface area contributed by atoms with E-state index in [0.29, 0.717) is 18.8 Å². The van der Waals surface area contributed by atoms with E-state index in [0.717, 1.165) is 44.0 Å². The largest absolute Gasteiger partial charge is 0.481 e. The number of hydrogen-bond donors (Lipinski definition) is 2. The Morgan fingerprint density at radius 2 is 1.95 bits per heavy atom. The van der Waals surface area contributed by atoms with Crippen LogP contribution in [0, 0.1) is 45.8 Å². The average molecular weight is 589 g/mol. The lowest BCUT2D eigenvalue weighted by molar-refractivity contribution is -0.447. The molecule has 42 heavy (non-hydrogen) atoms. The molecule has 0 radical (unpaired) electrons. The highest BCUT2D eigenvalue weighted by Gasteiger charge is 2.85. The van der Waals surface area contributed by atoms with Crippen LogP contribution in [0.15, 0.2) is 11.6 Å². The molecule has 4 aliphatic heterocycles. The highest BCUT2D eigenvalue weighted by Crippen LogP contribution is 2.82. The van der Waals surface area contributed by atoms with Gasteiger partial charge in [0.25, 0.3) is 0 Å².